The van der Waals surface area contributed by atoms with Gasteiger partial charge in [-0.15, -0.1) is 0 Å². The molecule has 1 saturated carbocycles. The SMILES string of the molecule is CN(C(=O)C1(CO)CC1)c1coc2ccccc12. The molecule has 18 heavy (non-hydrogen) atoms. The van der Waals surface area contributed by atoms with Crippen LogP contribution in [0.1, 0.15) is 12.8 Å². The average Bonchev–Trinajstić information content (AvgIpc) is 3.10. The molecular weight excluding hydrogens is 230 g/mol. The van der Waals surface area contributed by atoms with Crippen molar-refractivity contribution in [2.24, 2.45) is 5.41 Å². The highest BCUT2D eigenvalue weighted by molar-refractivity contribution is 6.05. The van der Waals surface area contributed by atoms with Gasteiger partial charge in [0.15, 0.2) is 0 Å². The van der Waals surface area contributed by atoms with Crippen LogP contribution < -0.4 is 4.90 Å². The van der Waals surface area contributed by atoms with E-state index >= 15 is 0 Å². The highest BCUT2D eigenvalue weighted by Gasteiger charge is 2.51. The molecule has 1 N–H and O–H groups in total. The van der Waals surface area contributed by atoms with Gasteiger partial charge in [0.1, 0.15) is 11.8 Å². The maximum atomic E-state index is 12.3. The summed E-state index contributed by atoms with van der Waals surface area (Å²) >= 11 is 0. The number of furan rings is 1. The Morgan fingerprint density at radius 2 is 2.17 bits per heavy atom. The zero-order valence-electron chi connectivity index (χ0n) is 10.2. The van der Waals surface area contributed by atoms with Crippen LogP contribution in [0.15, 0.2) is 34.9 Å². The van der Waals surface area contributed by atoms with E-state index in [0.29, 0.717) is 0 Å². The van der Waals surface area contributed by atoms with Gasteiger partial charge in [0.05, 0.1) is 17.7 Å². The largest absolute Gasteiger partial charge is 0.462 e. The van der Waals surface area contributed by atoms with Gasteiger partial charge in [-0.1, -0.05) is 12.1 Å². The maximum Gasteiger partial charge on any atom is 0.235 e. The standard InChI is InChI=1S/C14H15NO3/c1-15(13(17)14(9-16)6-7-14)11-8-18-12-5-3-2-4-10(11)12/h2-5,8,16H,6-7,9H2,1H3. The van der Waals surface area contributed by atoms with Gasteiger partial charge in [0.25, 0.3) is 0 Å². The minimum absolute atomic E-state index is 0.0310. The predicted octanol–water partition coefficient (Wildman–Crippen LogP) is 2.17. The van der Waals surface area contributed by atoms with Gasteiger partial charge in [0.2, 0.25) is 5.91 Å². The number of benzene rings is 1. The van der Waals surface area contributed by atoms with Gasteiger partial charge in [-0.2, -0.15) is 0 Å². The van der Waals surface area contributed by atoms with Gasteiger partial charge in [-0.05, 0) is 25.0 Å². The van der Waals surface area contributed by atoms with Crippen molar-refractivity contribution in [2.45, 2.75) is 12.8 Å². The van der Waals surface area contributed by atoms with E-state index in [2.05, 4.69) is 0 Å². The molecule has 1 aliphatic carbocycles. The third kappa shape index (κ3) is 1.53. The fourth-order valence-electron chi connectivity index (χ4n) is 2.28. The number of carbonyl (C=O) groups is 1. The molecule has 94 valence electrons. The summed E-state index contributed by atoms with van der Waals surface area (Å²) in [5.74, 6) is -0.0310. The van der Waals surface area contributed by atoms with Crippen LogP contribution in [0.4, 0.5) is 5.69 Å². The molecule has 1 aliphatic rings. The maximum absolute atomic E-state index is 12.3. The summed E-state index contributed by atoms with van der Waals surface area (Å²) in [6.07, 6.45) is 3.13. The Bertz CT molecular complexity index is 598. The topological polar surface area (TPSA) is 53.7 Å². The molecule has 1 aromatic carbocycles. The second-order valence-corrected chi connectivity index (χ2v) is 4.92. The first-order valence-electron chi connectivity index (χ1n) is 6.03. The number of anilines is 1. The van der Waals surface area contributed by atoms with Crippen molar-refractivity contribution in [1.82, 2.24) is 0 Å². The monoisotopic (exact) mass is 245 g/mol. The minimum atomic E-state index is -0.548. The molecule has 4 heteroatoms. The summed E-state index contributed by atoms with van der Waals surface area (Å²) in [5.41, 5.74) is 0.976. The summed E-state index contributed by atoms with van der Waals surface area (Å²) in [5, 5.41) is 10.2. The van der Waals surface area contributed by atoms with Crippen LogP contribution >= 0.6 is 0 Å². The first kappa shape index (κ1) is 11.3. The molecule has 3 rings (SSSR count). The molecule has 0 atom stereocenters. The van der Waals surface area contributed by atoms with Crippen molar-refractivity contribution in [1.29, 1.82) is 0 Å². The summed E-state index contributed by atoms with van der Waals surface area (Å²) in [7, 11) is 1.73. The third-order valence-electron chi connectivity index (χ3n) is 3.74. The van der Waals surface area contributed by atoms with Crippen LogP contribution in [0, 0.1) is 5.41 Å². The summed E-state index contributed by atoms with van der Waals surface area (Å²) in [6.45, 7) is -0.0774. The Hall–Kier alpha value is -1.81. The van der Waals surface area contributed by atoms with E-state index < -0.39 is 5.41 Å². The van der Waals surface area contributed by atoms with Gasteiger partial charge in [-0.25, -0.2) is 0 Å². The van der Waals surface area contributed by atoms with Crippen LogP contribution in [0.2, 0.25) is 0 Å². The van der Waals surface area contributed by atoms with Crippen LogP contribution in [0.5, 0.6) is 0 Å². The second-order valence-electron chi connectivity index (χ2n) is 4.92. The number of carbonyl (C=O) groups excluding carboxylic acids is 1. The summed E-state index contributed by atoms with van der Waals surface area (Å²) < 4.78 is 5.43. The van der Waals surface area contributed by atoms with E-state index in [-0.39, 0.29) is 12.5 Å². The number of aliphatic hydroxyl groups is 1. The van der Waals surface area contributed by atoms with Crippen LogP contribution in [-0.2, 0) is 4.79 Å². The Labute approximate surface area is 105 Å². The number of hydrogen-bond acceptors (Lipinski definition) is 3. The number of hydrogen-bond donors (Lipinski definition) is 1. The summed E-state index contributed by atoms with van der Waals surface area (Å²) in [6, 6.07) is 7.61. The lowest BCUT2D eigenvalue weighted by Gasteiger charge is -2.21. The van der Waals surface area contributed by atoms with Gasteiger partial charge in [-0.3, -0.25) is 4.79 Å². The van der Waals surface area contributed by atoms with Gasteiger partial charge < -0.3 is 14.4 Å². The van der Waals surface area contributed by atoms with Crippen LogP contribution in [0.25, 0.3) is 11.0 Å². The van der Waals surface area contributed by atoms with E-state index in [4.69, 9.17) is 4.42 Å². The first-order chi connectivity index (χ1) is 8.68. The fourth-order valence-corrected chi connectivity index (χ4v) is 2.28. The van der Waals surface area contributed by atoms with Crippen molar-refractivity contribution in [3.63, 3.8) is 0 Å². The van der Waals surface area contributed by atoms with E-state index in [1.54, 1.807) is 18.2 Å². The van der Waals surface area contributed by atoms with Crippen molar-refractivity contribution >= 4 is 22.6 Å². The molecule has 0 aliphatic heterocycles. The molecule has 1 amide bonds. The lowest BCUT2D eigenvalue weighted by molar-refractivity contribution is -0.124. The molecular formula is C14H15NO3. The normalized spacial score (nSPS) is 16.8. The quantitative estimate of drug-likeness (QED) is 0.901. The number of aliphatic hydroxyl groups excluding tert-OH is 1. The zero-order chi connectivity index (χ0) is 12.8. The Morgan fingerprint density at radius 1 is 1.44 bits per heavy atom. The van der Waals surface area contributed by atoms with Crippen molar-refractivity contribution in [2.75, 3.05) is 18.6 Å². The molecule has 0 saturated heterocycles. The molecule has 1 fully saturated rings. The van der Waals surface area contributed by atoms with Gasteiger partial charge >= 0.3 is 0 Å². The number of nitrogens with zero attached hydrogens (tertiary/aromatic N) is 1. The minimum Gasteiger partial charge on any atom is -0.462 e. The number of fused-ring (bicyclic) bond motifs is 1. The molecule has 1 heterocycles. The molecule has 0 spiro atoms. The number of amides is 1. The van der Waals surface area contributed by atoms with E-state index in [9.17, 15) is 9.90 Å². The lowest BCUT2D eigenvalue weighted by atomic mass is 10.1. The molecule has 1 aromatic heterocycles. The number of rotatable bonds is 3. The second kappa shape index (κ2) is 3.85. The first-order valence-corrected chi connectivity index (χ1v) is 6.03. The summed E-state index contributed by atoms with van der Waals surface area (Å²) in [4.78, 5) is 13.9. The van der Waals surface area contributed by atoms with Crippen molar-refractivity contribution < 1.29 is 14.3 Å². The van der Waals surface area contributed by atoms with Crippen molar-refractivity contribution in [3.05, 3.63) is 30.5 Å². The number of para-hydroxylation sites is 1. The lowest BCUT2D eigenvalue weighted by Crippen LogP contribution is -2.35. The molecule has 0 radical (unpaired) electrons. The van der Waals surface area contributed by atoms with E-state index in [0.717, 1.165) is 29.5 Å². The highest BCUT2D eigenvalue weighted by Crippen LogP contribution is 2.47. The molecule has 0 bridgehead atoms. The average molecular weight is 245 g/mol. The molecule has 0 unspecified atom stereocenters. The van der Waals surface area contributed by atoms with E-state index in [1.165, 1.54) is 0 Å². The van der Waals surface area contributed by atoms with Crippen molar-refractivity contribution in [3.8, 4) is 0 Å². The highest BCUT2D eigenvalue weighted by atomic mass is 16.3. The van der Waals surface area contributed by atoms with E-state index in [1.807, 2.05) is 24.3 Å². The predicted molar refractivity (Wildman–Crippen MR) is 68.4 cm³/mol. The third-order valence-corrected chi connectivity index (χ3v) is 3.74. The Balaban J connectivity index is 1.97. The van der Waals surface area contributed by atoms with Crippen LogP contribution in [0.3, 0.4) is 0 Å². The van der Waals surface area contributed by atoms with Crippen LogP contribution in [-0.4, -0.2) is 24.7 Å². The Morgan fingerprint density at radius 3 is 2.83 bits per heavy atom. The fraction of sp³-hybridized carbons (Fsp3) is 0.357. The zero-order valence-corrected chi connectivity index (χ0v) is 10.2. The smallest absolute Gasteiger partial charge is 0.235 e. The Kier molecular flexibility index (Phi) is 2.41. The van der Waals surface area contributed by atoms with Gasteiger partial charge in [0, 0.05) is 12.4 Å². The molecule has 4 nitrogen and oxygen atoms in total. The molecule has 2 aromatic rings.